The fourth-order valence-corrected chi connectivity index (χ4v) is 11.8. The molecule has 0 unspecified atom stereocenters. The molecule has 0 saturated heterocycles. The van der Waals surface area contributed by atoms with E-state index in [0.29, 0.717) is 13.5 Å². The first-order chi connectivity index (χ1) is 32.5. The minimum Gasteiger partial charge on any atom is -0.361 e. The van der Waals surface area contributed by atoms with Gasteiger partial charge < -0.3 is 23.6 Å². The van der Waals surface area contributed by atoms with E-state index in [1.165, 1.54) is 49.1 Å². The van der Waals surface area contributed by atoms with Crippen LogP contribution in [0, 0.1) is 0 Å². The van der Waals surface area contributed by atoms with Crippen LogP contribution in [0.4, 0.5) is 0 Å². The van der Waals surface area contributed by atoms with Crippen LogP contribution in [-0.4, -0.2) is 43.5 Å². The van der Waals surface area contributed by atoms with E-state index in [4.69, 9.17) is 44.3 Å². The SMILES string of the molecule is C[Si](C)(C)CCOCn1ccc2c(Br)cccc21.C[Si](C)(C)CCOCn1ccc2c(Sc3cccc(Cl)c3)cccc21.Clc1cccc(Sc2cccc3[nH]ccc23)c1.Sc1cccc(Cl)c1. The number of halogens is 4. The van der Waals surface area contributed by atoms with Gasteiger partial charge in [-0.15, -0.1) is 12.6 Å². The van der Waals surface area contributed by atoms with Gasteiger partial charge in [0.1, 0.15) is 13.5 Å². The van der Waals surface area contributed by atoms with Crippen LogP contribution in [0.2, 0.25) is 66.4 Å². The van der Waals surface area contributed by atoms with Gasteiger partial charge >= 0.3 is 0 Å². The van der Waals surface area contributed by atoms with Gasteiger partial charge in [-0.2, -0.15) is 0 Å². The first-order valence-electron chi connectivity index (χ1n) is 22.4. The minimum atomic E-state index is -1.04. The van der Waals surface area contributed by atoms with Crippen molar-refractivity contribution in [2.75, 3.05) is 13.2 Å². The molecule has 9 rings (SSSR count). The second-order valence-electron chi connectivity index (χ2n) is 18.4. The van der Waals surface area contributed by atoms with E-state index in [2.05, 4.69) is 179 Å². The lowest BCUT2D eigenvalue weighted by Crippen LogP contribution is -2.21. The Morgan fingerprint density at radius 2 is 1.01 bits per heavy atom. The monoisotopic (exact) mass is 1120 g/mol. The second-order valence-corrected chi connectivity index (χ2v) is 34.6. The summed E-state index contributed by atoms with van der Waals surface area (Å²) >= 11 is 28.8. The summed E-state index contributed by atoms with van der Waals surface area (Å²) in [7, 11) is -2.02. The van der Waals surface area contributed by atoms with Crippen LogP contribution in [0.25, 0.3) is 32.7 Å². The number of aromatic amines is 1. The smallest absolute Gasteiger partial charge is 0.122 e. The summed E-state index contributed by atoms with van der Waals surface area (Å²) in [6.07, 6.45) is 6.16. The fraction of sp³-hybridized carbons (Fsp3) is 0.222. The van der Waals surface area contributed by atoms with Crippen LogP contribution in [0.15, 0.2) is 193 Å². The number of nitrogens with zero attached hydrogens (tertiary/aromatic N) is 2. The Morgan fingerprint density at radius 1 is 0.544 bits per heavy atom. The van der Waals surface area contributed by atoms with E-state index in [-0.39, 0.29) is 0 Å². The van der Waals surface area contributed by atoms with Crippen molar-refractivity contribution in [3.05, 3.63) is 184 Å². The quantitative estimate of drug-likeness (QED) is 0.0647. The van der Waals surface area contributed by atoms with E-state index in [9.17, 15) is 0 Å². The number of hydrogen-bond acceptors (Lipinski definition) is 5. The van der Waals surface area contributed by atoms with Gasteiger partial charge in [-0.3, -0.25) is 0 Å². The average Bonchev–Trinajstić information content (AvgIpc) is 4.05. The molecule has 356 valence electrons. The first-order valence-corrected chi connectivity index (χ1v) is 33.8. The Kier molecular flexibility index (Phi) is 20.8. The topological polar surface area (TPSA) is 44.1 Å². The Balaban J connectivity index is 0.000000158. The predicted molar refractivity (Wildman–Crippen MR) is 308 cm³/mol. The normalized spacial score (nSPS) is 11.5. The highest BCUT2D eigenvalue weighted by Gasteiger charge is 2.14. The molecule has 0 aliphatic rings. The van der Waals surface area contributed by atoms with Crippen molar-refractivity contribution in [1.29, 1.82) is 0 Å². The number of nitrogens with one attached hydrogen (secondary N) is 1. The molecule has 0 aliphatic carbocycles. The number of hydrogen-bond donors (Lipinski definition) is 2. The van der Waals surface area contributed by atoms with E-state index in [1.807, 2.05) is 60.8 Å². The Morgan fingerprint density at radius 3 is 1.53 bits per heavy atom. The van der Waals surface area contributed by atoms with E-state index < -0.39 is 16.1 Å². The van der Waals surface area contributed by atoms with E-state index in [0.717, 1.165) is 53.0 Å². The summed E-state index contributed by atoms with van der Waals surface area (Å²) in [6, 6.07) is 51.0. The zero-order valence-corrected chi connectivity index (χ0v) is 47.7. The molecule has 0 atom stereocenters. The van der Waals surface area contributed by atoms with Gasteiger partial charge in [0.15, 0.2) is 0 Å². The van der Waals surface area contributed by atoms with E-state index in [1.54, 1.807) is 29.6 Å². The zero-order chi connectivity index (χ0) is 48.7. The molecule has 0 saturated carbocycles. The summed E-state index contributed by atoms with van der Waals surface area (Å²) in [4.78, 5) is 8.91. The third-order valence-corrected chi connectivity index (χ3v) is 17.6. The highest BCUT2D eigenvalue weighted by atomic mass is 79.9. The molecule has 9 aromatic rings. The number of fused-ring (bicyclic) bond motifs is 3. The molecule has 1 N–H and O–H groups in total. The average molecular weight is 1120 g/mol. The largest absolute Gasteiger partial charge is 0.361 e. The summed E-state index contributed by atoms with van der Waals surface area (Å²) in [5.74, 6) is 0. The number of rotatable bonds is 14. The Bertz CT molecular complexity index is 2990. The van der Waals surface area contributed by atoms with Crippen LogP contribution in [0.5, 0.6) is 0 Å². The van der Waals surface area contributed by atoms with Gasteiger partial charge in [0, 0.05) is 114 Å². The molecule has 0 fully saturated rings. The second kappa shape index (κ2) is 26.2. The van der Waals surface area contributed by atoms with Crippen molar-refractivity contribution in [3.63, 3.8) is 0 Å². The van der Waals surface area contributed by atoms with Gasteiger partial charge in [0.25, 0.3) is 0 Å². The van der Waals surface area contributed by atoms with Gasteiger partial charge in [0.05, 0.1) is 11.0 Å². The summed E-state index contributed by atoms with van der Waals surface area (Å²) in [5, 5.41) is 6.02. The maximum atomic E-state index is 6.11. The minimum absolute atomic E-state index is 0.610. The highest BCUT2D eigenvalue weighted by Crippen LogP contribution is 2.36. The number of thiol groups is 1. The number of ether oxygens (including phenoxy) is 2. The van der Waals surface area contributed by atoms with E-state index >= 15 is 0 Å². The molecule has 0 aliphatic heterocycles. The molecule has 0 bridgehead atoms. The highest BCUT2D eigenvalue weighted by molar-refractivity contribution is 9.10. The zero-order valence-electron chi connectivity index (χ0n) is 39.3. The lowest BCUT2D eigenvalue weighted by atomic mass is 10.2. The van der Waals surface area contributed by atoms with Crippen molar-refractivity contribution in [2.24, 2.45) is 0 Å². The standard InChI is InChI=1S/C20H24ClNOSSi.C14H20BrNOSi.C14H10ClNS.C6H5ClS/c1-25(2,3)13-12-23-15-22-11-10-18-19(22)8-5-9-20(18)24-17-7-4-6-16(21)14-17;1-18(2,3)10-9-17-11-16-8-7-12-13(15)5-4-6-14(12)16;15-10-3-1-4-11(9-10)17-14-6-2-5-13-12(14)7-8-16-13;7-5-2-1-3-6(8)4-5/h4-11,14H,12-13,15H2,1-3H3;4-8H,9-11H2,1-3H3;1-9,16H;1-4,8H. The lowest BCUT2D eigenvalue weighted by Gasteiger charge is -2.15. The van der Waals surface area contributed by atoms with Crippen LogP contribution < -0.4 is 0 Å². The number of benzene rings is 6. The van der Waals surface area contributed by atoms with Gasteiger partial charge in [-0.25, -0.2) is 0 Å². The summed E-state index contributed by atoms with van der Waals surface area (Å²) in [6.45, 7) is 17.2. The van der Waals surface area contributed by atoms with Crippen molar-refractivity contribution < 1.29 is 9.47 Å². The molecule has 6 aromatic carbocycles. The first kappa shape index (κ1) is 54.0. The third-order valence-electron chi connectivity index (χ3n) is 10.4. The molecule has 5 nitrogen and oxygen atoms in total. The van der Waals surface area contributed by atoms with Crippen LogP contribution in [0.3, 0.4) is 0 Å². The number of H-pyrrole nitrogens is 1. The molecule has 0 amide bonds. The van der Waals surface area contributed by atoms with Crippen LogP contribution in [0.1, 0.15) is 0 Å². The molecule has 14 heteroatoms. The van der Waals surface area contributed by atoms with Crippen molar-refractivity contribution in [2.45, 2.75) is 89.3 Å². The molecule has 68 heavy (non-hydrogen) atoms. The maximum absolute atomic E-state index is 6.11. The molecule has 3 aromatic heterocycles. The Hall–Kier alpha value is -3.31. The van der Waals surface area contributed by atoms with Crippen LogP contribution in [-0.2, 0) is 22.9 Å². The third kappa shape index (κ3) is 17.5. The van der Waals surface area contributed by atoms with Gasteiger partial charge in [-0.1, -0.05) is 150 Å². The predicted octanol–water partition coefficient (Wildman–Crippen LogP) is 19.1. The molecular formula is C54H59BrCl3N3O2S3Si2. The maximum Gasteiger partial charge on any atom is 0.122 e. The van der Waals surface area contributed by atoms with Crippen molar-refractivity contribution >= 4 is 136 Å². The van der Waals surface area contributed by atoms with Crippen LogP contribution >= 0.6 is 86.9 Å². The molecular weight excluding hydrogens is 1060 g/mol. The fourth-order valence-electron chi connectivity index (χ4n) is 6.71. The van der Waals surface area contributed by atoms with Gasteiger partial charge in [-0.05, 0) is 121 Å². The molecule has 0 spiro atoms. The van der Waals surface area contributed by atoms with Gasteiger partial charge in [0.2, 0.25) is 0 Å². The summed E-state index contributed by atoms with van der Waals surface area (Å²) < 4.78 is 17.2. The lowest BCUT2D eigenvalue weighted by molar-refractivity contribution is 0.0901. The molecule has 0 radical (unpaired) electrons. The van der Waals surface area contributed by atoms with Crippen molar-refractivity contribution in [3.8, 4) is 0 Å². The Labute approximate surface area is 441 Å². The van der Waals surface area contributed by atoms with Crippen molar-refractivity contribution in [1.82, 2.24) is 14.1 Å². The summed E-state index contributed by atoms with van der Waals surface area (Å²) in [5.41, 5.74) is 3.59. The molecule has 3 heterocycles. The number of aromatic nitrogens is 3.